The molecule has 0 bridgehead atoms. The number of rotatable bonds is 1. The molecular weight excluding hydrogens is 256 g/mol. The molecule has 5 heteroatoms. The number of ketones is 1. The molecule has 104 valence electrons. The van der Waals surface area contributed by atoms with Crippen molar-refractivity contribution in [3.05, 3.63) is 36.3 Å². The summed E-state index contributed by atoms with van der Waals surface area (Å²) in [5.74, 6) is 0.442. The van der Waals surface area contributed by atoms with Crippen LogP contribution >= 0.6 is 0 Å². The second-order valence-electron chi connectivity index (χ2n) is 5.52. The molecule has 1 unspecified atom stereocenters. The van der Waals surface area contributed by atoms with Crippen molar-refractivity contribution in [2.45, 2.75) is 38.3 Å². The van der Waals surface area contributed by atoms with Gasteiger partial charge in [0.15, 0.2) is 5.60 Å². The highest BCUT2D eigenvalue weighted by Gasteiger charge is 2.46. The maximum Gasteiger partial charge on any atom is 0.227 e. The number of hydrogen-bond donors (Lipinski definition) is 0. The second kappa shape index (κ2) is 4.44. The highest BCUT2D eigenvalue weighted by molar-refractivity contribution is 5.97. The van der Waals surface area contributed by atoms with Gasteiger partial charge in [0, 0.05) is 30.6 Å². The Morgan fingerprint density at radius 1 is 1.40 bits per heavy atom. The van der Waals surface area contributed by atoms with Gasteiger partial charge in [-0.15, -0.1) is 0 Å². The number of pyridine rings is 1. The Bertz CT molecular complexity index is 607. The van der Waals surface area contributed by atoms with Crippen LogP contribution in [-0.4, -0.2) is 27.2 Å². The van der Waals surface area contributed by atoms with Crippen molar-refractivity contribution in [3.63, 3.8) is 0 Å². The second-order valence-corrected chi connectivity index (χ2v) is 5.52. The minimum atomic E-state index is -0.954. The SMILES string of the molecule is CC1(C)Oc2ccncc2C(N2C=CCCC2=O)C1=O. The molecule has 1 amide bonds. The van der Waals surface area contributed by atoms with Crippen molar-refractivity contribution in [2.24, 2.45) is 0 Å². The first-order valence-corrected chi connectivity index (χ1v) is 6.66. The van der Waals surface area contributed by atoms with E-state index in [9.17, 15) is 9.59 Å². The number of fused-ring (bicyclic) bond motifs is 1. The monoisotopic (exact) mass is 272 g/mol. The van der Waals surface area contributed by atoms with E-state index in [0.717, 1.165) is 6.42 Å². The van der Waals surface area contributed by atoms with E-state index in [2.05, 4.69) is 4.98 Å². The molecule has 0 radical (unpaired) electrons. The Kier molecular flexibility index (Phi) is 2.85. The number of Topliss-reactive ketones (excluding diaryl/α,β-unsaturated/α-hetero) is 1. The molecule has 0 aliphatic carbocycles. The van der Waals surface area contributed by atoms with Crippen molar-refractivity contribution in [2.75, 3.05) is 0 Å². The Labute approximate surface area is 117 Å². The third-order valence-electron chi connectivity index (χ3n) is 3.67. The smallest absolute Gasteiger partial charge is 0.227 e. The van der Waals surface area contributed by atoms with Crippen LogP contribution in [0.4, 0.5) is 0 Å². The number of amides is 1. The summed E-state index contributed by atoms with van der Waals surface area (Å²) >= 11 is 0. The van der Waals surface area contributed by atoms with Gasteiger partial charge in [0.25, 0.3) is 0 Å². The minimum absolute atomic E-state index is 0.0432. The summed E-state index contributed by atoms with van der Waals surface area (Å²) in [7, 11) is 0. The van der Waals surface area contributed by atoms with Gasteiger partial charge in [0.1, 0.15) is 11.8 Å². The molecule has 1 aromatic heterocycles. The van der Waals surface area contributed by atoms with E-state index in [1.807, 2.05) is 6.08 Å². The zero-order valence-electron chi connectivity index (χ0n) is 11.5. The summed E-state index contributed by atoms with van der Waals surface area (Å²) in [5.41, 5.74) is -0.304. The molecule has 1 atom stereocenters. The van der Waals surface area contributed by atoms with E-state index in [0.29, 0.717) is 17.7 Å². The van der Waals surface area contributed by atoms with E-state index in [1.54, 1.807) is 38.5 Å². The number of carbonyl (C=O) groups excluding carboxylic acids is 2. The van der Waals surface area contributed by atoms with Crippen LogP contribution in [0.15, 0.2) is 30.7 Å². The van der Waals surface area contributed by atoms with Gasteiger partial charge in [0.05, 0.1) is 0 Å². The van der Waals surface area contributed by atoms with Crippen molar-refractivity contribution in [3.8, 4) is 5.75 Å². The zero-order valence-corrected chi connectivity index (χ0v) is 11.5. The van der Waals surface area contributed by atoms with Crippen LogP contribution in [0.2, 0.25) is 0 Å². The largest absolute Gasteiger partial charge is 0.479 e. The van der Waals surface area contributed by atoms with Crippen molar-refractivity contribution in [1.82, 2.24) is 9.88 Å². The lowest BCUT2D eigenvalue weighted by molar-refractivity contribution is -0.146. The number of nitrogens with zero attached hydrogens (tertiary/aromatic N) is 2. The van der Waals surface area contributed by atoms with Crippen LogP contribution < -0.4 is 4.74 Å². The van der Waals surface area contributed by atoms with Gasteiger partial charge >= 0.3 is 0 Å². The molecule has 0 fully saturated rings. The molecule has 3 heterocycles. The lowest BCUT2D eigenvalue weighted by Crippen LogP contribution is -2.50. The lowest BCUT2D eigenvalue weighted by atomic mass is 9.87. The molecular formula is C15H16N2O3. The standard InChI is InChI=1S/C15H16N2O3/c1-15(2)14(19)13(17-8-4-3-5-12(17)18)10-9-16-7-6-11(10)20-15/h4,6-9,13H,3,5H2,1-2H3. The fraction of sp³-hybridized carbons (Fsp3) is 0.400. The average Bonchev–Trinajstić information content (AvgIpc) is 2.41. The van der Waals surface area contributed by atoms with E-state index in [-0.39, 0.29) is 11.7 Å². The predicted molar refractivity (Wildman–Crippen MR) is 71.9 cm³/mol. The number of aromatic nitrogens is 1. The first-order valence-electron chi connectivity index (χ1n) is 6.66. The first-order chi connectivity index (χ1) is 9.50. The Morgan fingerprint density at radius 2 is 2.20 bits per heavy atom. The molecule has 20 heavy (non-hydrogen) atoms. The van der Waals surface area contributed by atoms with Gasteiger partial charge < -0.3 is 9.64 Å². The Morgan fingerprint density at radius 3 is 2.95 bits per heavy atom. The Balaban J connectivity index is 2.12. The normalized spacial score (nSPS) is 24.3. The van der Waals surface area contributed by atoms with Crippen LogP contribution in [0, 0.1) is 0 Å². The molecule has 0 aromatic carbocycles. The summed E-state index contributed by atoms with van der Waals surface area (Å²) in [5, 5.41) is 0. The maximum atomic E-state index is 12.7. The molecule has 2 aliphatic rings. The summed E-state index contributed by atoms with van der Waals surface area (Å²) in [4.78, 5) is 30.4. The number of hydrogen-bond acceptors (Lipinski definition) is 4. The van der Waals surface area contributed by atoms with Crippen LogP contribution in [0.3, 0.4) is 0 Å². The maximum absolute atomic E-state index is 12.7. The lowest BCUT2D eigenvalue weighted by Gasteiger charge is -2.40. The predicted octanol–water partition coefficient (Wildman–Crippen LogP) is 2.00. The summed E-state index contributed by atoms with van der Waals surface area (Å²) in [6.07, 6.45) is 7.98. The fourth-order valence-electron chi connectivity index (χ4n) is 2.60. The third-order valence-corrected chi connectivity index (χ3v) is 3.67. The van der Waals surface area contributed by atoms with E-state index in [1.165, 1.54) is 4.90 Å². The Hall–Kier alpha value is -2.17. The van der Waals surface area contributed by atoms with Gasteiger partial charge in [0.2, 0.25) is 11.7 Å². The molecule has 0 saturated carbocycles. The van der Waals surface area contributed by atoms with Crippen LogP contribution in [0.25, 0.3) is 0 Å². The summed E-state index contributed by atoms with van der Waals surface area (Å²) in [6.45, 7) is 3.45. The highest BCUT2D eigenvalue weighted by Crippen LogP contribution is 2.40. The van der Waals surface area contributed by atoms with Gasteiger partial charge in [-0.3, -0.25) is 14.6 Å². The molecule has 0 N–H and O–H groups in total. The molecule has 3 rings (SSSR count). The quantitative estimate of drug-likeness (QED) is 0.784. The van der Waals surface area contributed by atoms with Gasteiger partial charge in [-0.2, -0.15) is 0 Å². The summed E-state index contributed by atoms with van der Waals surface area (Å²) in [6, 6.07) is 1.08. The molecule has 2 aliphatic heterocycles. The molecule has 0 spiro atoms. The van der Waals surface area contributed by atoms with E-state index in [4.69, 9.17) is 4.74 Å². The molecule has 1 aromatic rings. The third kappa shape index (κ3) is 1.90. The average molecular weight is 272 g/mol. The van der Waals surface area contributed by atoms with Crippen molar-refractivity contribution in [1.29, 1.82) is 0 Å². The zero-order chi connectivity index (χ0) is 14.3. The molecule has 5 nitrogen and oxygen atoms in total. The van der Waals surface area contributed by atoms with Gasteiger partial charge in [-0.25, -0.2) is 0 Å². The van der Waals surface area contributed by atoms with Crippen molar-refractivity contribution < 1.29 is 14.3 Å². The van der Waals surface area contributed by atoms with Crippen LogP contribution in [0.1, 0.15) is 38.3 Å². The number of allylic oxidation sites excluding steroid dienone is 1. The summed E-state index contributed by atoms with van der Waals surface area (Å²) < 4.78 is 5.74. The first kappa shape index (κ1) is 12.8. The number of carbonyl (C=O) groups is 2. The molecule has 0 saturated heterocycles. The van der Waals surface area contributed by atoms with Crippen LogP contribution in [0.5, 0.6) is 5.75 Å². The van der Waals surface area contributed by atoms with Crippen LogP contribution in [-0.2, 0) is 9.59 Å². The topological polar surface area (TPSA) is 59.5 Å². The van der Waals surface area contributed by atoms with Crippen molar-refractivity contribution >= 4 is 11.7 Å². The van der Waals surface area contributed by atoms with E-state index >= 15 is 0 Å². The fourth-order valence-corrected chi connectivity index (χ4v) is 2.60. The minimum Gasteiger partial charge on any atom is -0.479 e. The van der Waals surface area contributed by atoms with Gasteiger partial charge in [-0.1, -0.05) is 6.08 Å². The van der Waals surface area contributed by atoms with Gasteiger partial charge in [-0.05, 0) is 26.3 Å². The number of ether oxygens (including phenoxy) is 1. The highest BCUT2D eigenvalue weighted by atomic mass is 16.5. The van der Waals surface area contributed by atoms with E-state index < -0.39 is 11.6 Å².